The van der Waals surface area contributed by atoms with Crippen LogP contribution in [0.25, 0.3) is 16.8 Å². The van der Waals surface area contributed by atoms with Gasteiger partial charge in [-0.05, 0) is 49.7 Å². The van der Waals surface area contributed by atoms with E-state index in [0.29, 0.717) is 6.07 Å². The second-order valence-electron chi connectivity index (χ2n) is 10.2. The third kappa shape index (κ3) is 6.78. The van der Waals surface area contributed by atoms with Crippen LogP contribution in [0.3, 0.4) is 0 Å². The van der Waals surface area contributed by atoms with Crippen LogP contribution in [-0.2, 0) is 24.4 Å². The van der Waals surface area contributed by atoms with Gasteiger partial charge in [-0.15, -0.1) is 0 Å². The largest absolute Gasteiger partial charge is 0.480 e. The average molecular weight is 642 g/mol. The van der Waals surface area contributed by atoms with Crippen LogP contribution in [0.5, 0.6) is 0 Å². The summed E-state index contributed by atoms with van der Waals surface area (Å²) in [6.07, 6.45) is -7.72. The second-order valence-corrected chi connectivity index (χ2v) is 10.2. The second kappa shape index (κ2) is 12.2. The van der Waals surface area contributed by atoms with Crippen LogP contribution in [0.1, 0.15) is 40.7 Å². The Balaban J connectivity index is 1.64. The molecular formula is C29H26F7N5O4. The van der Waals surface area contributed by atoms with Crippen LogP contribution in [0.2, 0.25) is 0 Å². The van der Waals surface area contributed by atoms with Crippen LogP contribution in [0, 0.1) is 12.7 Å². The first-order valence-electron chi connectivity index (χ1n) is 13.3. The highest BCUT2D eigenvalue weighted by Gasteiger charge is 2.39. The molecule has 45 heavy (non-hydrogen) atoms. The average Bonchev–Trinajstić information content (AvgIpc) is 3.44. The number of hydrogen-bond donors (Lipinski definition) is 3. The normalized spacial score (nSPS) is 13.5. The molecule has 2 atom stereocenters. The molecule has 0 aliphatic carbocycles. The lowest BCUT2D eigenvalue weighted by Gasteiger charge is -2.21. The molecule has 0 fully saturated rings. The highest BCUT2D eigenvalue weighted by Crippen LogP contribution is 2.37. The molecule has 4 aromatic rings. The van der Waals surface area contributed by atoms with Crippen molar-refractivity contribution in [2.75, 3.05) is 5.32 Å². The lowest BCUT2D eigenvalue weighted by molar-refractivity contribution is -0.143. The number of alkyl halides is 6. The number of carboxylic acids is 1. The Morgan fingerprint density at radius 3 is 2.33 bits per heavy atom. The smallest absolute Gasteiger partial charge is 0.417 e. The molecule has 0 saturated heterocycles. The predicted molar refractivity (Wildman–Crippen MR) is 148 cm³/mol. The van der Waals surface area contributed by atoms with Crippen molar-refractivity contribution in [1.82, 2.24) is 19.3 Å². The van der Waals surface area contributed by atoms with Gasteiger partial charge >= 0.3 is 18.3 Å². The number of anilines is 1. The van der Waals surface area contributed by atoms with E-state index in [2.05, 4.69) is 15.6 Å². The number of hydrogen-bond acceptors (Lipinski definition) is 5. The molecule has 0 bridgehead atoms. The third-order valence-corrected chi connectivity index (χ3v) is 7.25. The highest BCUT2D eigenvalue weighted by atomic mass is 19.4. The van der Waals surface area contributed by atoms with E-state index < -0.39 is 70.8 Å². The molecule has 0 saturated carbocycles. The Morgan fingerprint density at radius 1 is 1.07 bits per heavy atom. The van der Waals surface area contributed by atoms with Gasteiger partial charge in [0.25, 0.3) is 11.5 Å². The van der Waals surface area contributed by atoms with Crippen molar-refractivity contribution in [3.8, 4) is 11.1 Å². The van der Waals surface area contributed by atoms with Crippen LogP contribution < -0.4 is 16.2 Å². The summed E-state index contributed by atoms with van der Waals surface area (Å²) in [5, 5.41) is 14.1. The van der Waals surface area contributed by atoms with Crippen molar-refractivity contribution in [3.05, 3.63) is 87.5 Å². The summed E-state index contributed by atoms with van der Waals surface area (Å²) >= 11 is 0. The summed E-state index contributed by atoms with van der Waals surface area (Å²) < 4.78 is 98.2. The molecule has 2 unspecified atom stereocenters. The number of carbonyl (C=O) groups excluding carboxylic acids is 1. The fourth-order valence-electron chi connectivity index (χ4n) is 4.79. The molecule has 240 valence electrons. The van der Waals surface area contributed by atoms with Crippen molar-refractivity contribution in [1.29, 1.82) is 0 Å². The number of fused-ring (bicyclic) bond motifs is 1. The predicted octanol–water partition coefficient (Wildman–Crippen LogP) is 5.34. The van der Waals surface area contributed by atoms with Crippen molar-refractivity contribution >= 4 is 23.2 Å². The summed E-state index contributed by atoms with van der Waals surface area (Å²) in [7, 11) is 1.32. The molecule has 1 aromatic carbocycles. The molecule has 16 heteroatoms. The number of carbonyl (C=O) groups is 2. The van der Waals surface area contributed by atoms with E-state index in [1.807, 2.05) is 0 Å². The molecule has 3 aromatic heterocycles. The number of carboxylic acid groups (broad SMARTS) is 1. The number of imidazole rings is 1. The van der Waals surface area contributed by atoms with E-state index in [4.69, 9.17) is 0 Å². The first-order chi connectivity index (χ1) is 20.9. The number of nitrogens with one attached hydrogen (secondary N) is 2. The zero-order chi connectivity index (χ0) is 33.4. The number of amides is 1. The van der Waals surface area contributed by atoms with E-state index in [1.54, 1.807) is 0 Å². The number of aliphatic carboxylic acids is 1. The minimum atomic E-state index is -4.88. The van der Waals surface area contributed by atoms with Gasteiger partial charge in [0.2, 0.25) is 0 Å². The van der Waals surface area contributed by atoms with Gasteiger partial charge in [-0.1, -0.05) is 6.92 Å². The fraction of sp³-hybridized carbons (Fsp3) is 0.310. The third-order valence-electron chi connectivity index (χ3n) is 7.25. The van der Waals surface area contributed by atoms with Gasteiger partial charge in [-0.2, -0.15) is 26.3 Å². The first kappa shape index (κ1) is 33.0. The van der Waals surface area contributed by atoms with Crippen LogP contribution in [-0.4, -0.2) is 49.2 Å². The van der Waals surface area contributed by atoms with Gasteiger partial charge in [0, 0.05) is 48.5 Å². The van der Waals surface area contributed by atoms with E-state index in [9.17, 15) is 50.2 Å². The summed E-state index contributed by atoms with van der Waals surface area (Å²) in [6.45, 7) is 2.63. The van der Waals surface area contributed by atoms with Crippen LogP contribution in [0.15, 0.2) is 53.6 Å². The summed E-state index contributed by atoms with van der Waals surface area (Å²) in [6, 6.07) is 2.27. The number of aromatic nitrogens is 3. The molecule has 4 rings (SSSR count). The van der Waals surface area contributed by atoms with Gasteiger partial charge in [-0.25, -0.2) is 14.2 Å². The van der Waals surface area contributed by atoms with Crippen molar-refractivity contribution < 1.29 is 45.4 Å². The highest BCUT2D eigenvalue weighted by molar-refractivity contribution is 5.97. The zero-order valence-corrected chi connectivity index (χ0v) is 23.8. The number of benzene rings is 1. The molecule has 9 nitrogen and oxygen atoms in total. The number of rotatable bonds is 9. The maximum Gasteiger partial charge on any atom is 0.417 e. The fourth-order valence-corrected chi connectivity index (χ4v) is 4.79. The quantitative estimate of drug-likeness (QED) is 0.213. The van der Waals surface area contributed by atoms with Crippen molar-refractivity contribution in [2.45, 2.75) is 51.1 Å². The van der Waals surface area contributed by atoms with E-state index >= 15 is 0 Å². The topological polar surface area (TPSA) is 118 Å². The molecule has 0 aliphatic rings. The number of halogens is 7. The summed E-state index contributed by atoms with van der Waals surface area (Å²) in [5.74, 6) is -3.92. The molecule has 0 aliphatic heterocycles. The molecule has 3 heterocycles. The van der Waals surface area contributed by atoms with E-state index in [-0.39, 0.29) is 34.7 Å². The van der Waals surface area contributed by atoms with Gasteiger partial charge in [0.15, 0.2) is 0 Å². The van der Waals surface area contributed by atoms with Gasteiger partial charge in [0.05, 0.1) is 16.7 Å². The zero-order valence-electron chi connectivity index (χ0n) is 23.8. The lowest BCUT2D eigenvalue weighted by Crippen LogP contribution is -2.43. The number of aryl methyl sites for hydroxylation is 1. The maximum absolute atomic E-state index is 14.8. The van der Waals surface area contributed by atoms with E-state index in [1.165, 1.54) is 49.8 Å². The first-order valence-corrected chi connectivity index (χ1v) is 13.3. The SMILES string of the molecule is CCC(Nc1ccc(C(=O)NC(Cc2ccc(-c3c(C(F)(F)F)cc(C)n(C)c3=O)c3nccn23)C(=O)O)c(F)c1)C(F)(F)F. The van der Waals surface area contributed by atoms with Crippen molar-refractivity contribution in [2.24, 2.45) is 7.05 Å². The molecular weight excluding hydrogens is 615 g/mol. The Kier molecular flexibility index (Phi) is 8.98. The van der Waals surface area contributed by atoms with Crippen LogP contribution in [0.4, 0.5) is 36.4 Å². The lowest BCUT2D eigenvalue weighted by atomic mass is 9.99. The number of nitrogens with zero attached hydrogens (tertiary/aromatic N) is 3. The minimum Gasteiger partial charge on any atom is -0.480 e. The van der Waals surface area contributed by atoms with Crippen LogP contribution >= 0.6 is 0 Å². The molecule has 0 radical (unpaired) electrons. The van der Waals surface area contributed by atoms with Gasteiger partial charge < -0.3 is 24.7 Å². The van der Waals surface area contributed by atoms with Gasteiger partial charge in [-0.3, -0.25) is 9.59 Å². The maximum atomic E-state index is 14.8. The summed E-state index contributed by atoms with van der Waals surface area (Å²) in [5.41, 5.74) is -3.67. The Hall–Kier alpha value is -4.89. The molecule has 3 N–H and O–H groups in total. The molecule has 1 amide bonds. The summed E-state index contributed by atoms with van der Waals surface area (Å²) in [4.78, 5) is 42.0. The van der Waals surface area contributed by atoms with E-state index in [0.717, 1.165) is 22.8 Å². The standard InChI is InChI=1S/C29H26F7N5O4/c1-4-22(29(34,35)36)38-15-5-7-17(20(30)12-15)25(42)39-21(27(44)45)13-16-6-8-18(24-37-9-10-41(16)24)23-19(28(31,32)33)11-14(2)40(3)26(23)43/h5-12,21-22,38H,4,13H2,1-3H3,(H,39,42)(H,44,45). The Labute approximate surface area is 250 Å². The van der Waals surface area contributed by atoms with Gasteiger partial charge in [0.1, 0.15) is 23.5 Å². The monoisotopic (exact) mass is 641 g/mol. The van der Waals surface area contributed by atoms with Crippen molar-refractivity contribution in [3.63, 3.8) is 0 Å². The Bertz CT molecular complexity index is 1830. The number of pyridine rings is 2. The Morgan fingerprint density at radius 2 is 1.76 bits per heavy atom. The molecule has 0 spiro atoms. The minimum absolute atomic E-state index is 0.0703.